The van der Waals surface area contributed by atoms with Gasteiger partial charge in [-0.3, -0.25) is 14.5 Å². The van der Waals surface area contributed by atoms with Gasteiger partial charge in [0.1, 0.15) is 22.9 Å². The van der Waals surface area contributed by atoms with Crippen molar-refractivity contribution in [2.24, 2.45) is 12.2 Å². The lowest BCUT2D eigenvalue weighted by atomic mass is 10.0. The third-order valence-corrected chi connectivity index (χ3v) is 8.51. The molecule has 2 aliphatic rings. The highest BCUT2D eigenvalue weighted by Crippen LogP contribution is 2.41. The molecule has 41 heavy (non-hydrogen) atoms. The summed E-state index contributed by atoms with van der Waals surface area (Å²) in [5.41, 5.74) is 0.483. The number of carbonyl (C=O) groups is 4. The molecule has 3 heterocycles. The summed E-state index contributed by atoms with van der Waals surface area (Å²) in [4.78, 5) is 57.2. The lowest BCUT2D eigenvalue weighted by Gasteiger charge is -2.49. The number of aromatic nitrogens is 4. The molecule has 210 valence electrons. The number of hydrogen-bond acceptors (Lipinski definition) is 12. The maximum Gasteiger partial charge on any atom is 0.365 e. The fraction of sp³-hybridized carbons (Fsp3) is 0.200. The number of phenols is 1. The molecule has 0 radical (unpaired) electrons. The van der Waals surface area contributed by atoms with Crippen LogP contribution in [-0.4, -0.2) is 87.7 Å². The molecule has 0 spiro atoms. The number of amides is 2. The summed E-state index contributed by atoms with van der Waals surface area (Å²) in [5, 5.41) is 36.9. The number of fused-ring (bicyclic) bond motifs is 1. The zero-order valence-electron chi connectivity index (χ0n) is 21.2. The molecule has 5 rings (SSSR count). The Morgan fingerprint density at radius 1 is 1.15 bits per heavy atom. The summed E-state index contributed by atoms with van der Waals surface area (Å²) < 4.78 is 1.45. The van der Waals surface area contributed by atoms with Crippen molar-refractivity contribution in [2.75, 3.05) is 11.5 Å². The topological polar surface area (TPSA) is 189 Å². The SMILES string of the molecule is Cn1nnnc1SCC1=C(C(=O)O)N2C(=O)C(NC(=O)/C(=N/OC(=O)c3ccccc3)c3ccc(O)cc3)C2SC1. The Kier molecular flexibility index (Phi) is 8.02. The van der Waals surface area contributed by atoms with Crippen LogP contribution < -0.4 is 5.32 Å². The Labute approximate surface area is 240 Å². The number of benzene rings is 2. The van der Waals surface area contributed by atoms with Gasteiger partial charge < -0.3 is 20.4 Å². The molecule has 0 aliphatic carbocycles. The minimum atomic E-state index is -1.26. The van der Waals surface area contributed by atoms with Crippen LogP contribution in [0.2, 0.25) is 0 Å². The van der Waals surface area contributed by atoms with Crippen molar-refractivity contribution in [1.29, 1.82) is 0 Å². The number of carboxylic acid groups (broad SMARTS) is 1. The van der Waals surface area contributed by atoms with E-state index in [0.29, 0.717) is 16.5 Å². The number of tetrazole rings is 1. The number of aliphatic carboxylic acids is 1. The first-order valence-electron chi connectivity index (χ1n) is 11.9. The van der Waals surface area contributed by atoms with E-state index in [1.54, 1.807) is 25.2 Å². The van der Waals surface area contributed by atoms with Gasteiger partial charge in [-0.1, -0.05) is 35.1 Å². The van der Waals surface area contributed by atoms with Crippen LogP contribution >= 0.6 is 23.5 Å². The van der Waals surface area contributed by atoms with Crippen LogP contribution in [0.1, 0.15) is 15.9 Å². The second-order valence-electron chi connectivity index (χ2n) is 8.72. The number of thioether (sulfide) groups is 2. The number of aryl methyl sites for hydroxylation is 1. The number of carbonyl (C=O) groups excluding carboxylic acids is 3. The molecule has 3 N–H and O–H groups in total. The van der Waals surface area contributed by atoms with Gasteiger partial charge in [0.25, 0.3) is 11.8 Å². The Morgan fingerprint density at radius 3 is 2.54 bits per heavy atom. The number of nitrogens with one attached hydrogen (secondary N) is 1. The maximum absolute atomic E-state index is 13.3. The van der Waals surface area contributed by atoms with Crippen molar-refractivity contribution >= 4 is 53.0 Å². The van der Waals surface area contributed by atoms with Crippen LogP contribution in [0.3, 0.4) is 0 Å². The minimum absolute atomic E-state index is 0.0596. The Hall–Kier alpha value is -4.70. The van der Waals surface area contributed by atoms with E-state index in [-0.39, 0.29) is 34.0 Å². The van der Waals surface area contributed by atoms with Crippen molar-refractivity contribution in [3.8, 4) is 5.75 Å². The second kappa shape index (κ2) is 11.8. The van der Waals surface area contributed by atoms with Crippen LogP contribution in [0.15, 0.2) is 76.2 Å². The highest BCUT2D eigenvalue weighted by atomic mass is 32.2. The number of phenolic OH excluding ortho intramolecular Hbond substituents is 1. The number of nitrogens with zero attached hydrogens (tertiary/aromatic N) is 6. The van der Waals surface area contributed by atoms with E-state index in [1.165, 1.54) is 64.6 Å². The van der Waals surface area contributed by atoms with E-state index in [0.717, 1.165) is 4.90 Å². The van der Waals surface area contributed by atoms with Crippen LogP contribution in [0.5, 0.6) is 5.75 Å². The van der Waals surface area contributed by atoms with Gasteiger partial charge in [-0.25, -0.2) is 14.3 Å². The Morgan fingerprint density at radius 2 is 1.88 bits per heavy atom. The van der Waals surface area contributed by atoms with E-state index in [9.17, 15) is 29.4 Å². The van der Waals surface area contributed by atoms with Crippen LogP contribution in [0.4, 0.5) is 0 Å². The summed E-state index contributed by atoms with van der Waals surface area (Å²) in [5.74, 6) is -3.01. The van der Waals surface area contributed by atoms with Crippen LogP contribution in [0.25, 0.3) is 0 Å². The molecule has 0 saturated carbocycles. The molecule has 14 nitrogen and oxygen atoms in total. The lowest BCUT2D eigenvalue weighted by Crippen LogP contribution is -2.71. The van der Waals surface area contributed by atoms with Gasteiger partial charge in [-0.2, -0.15) is 0 Å². The molecular formula is C25H21N7O7S2. The van der Waals surface area contributed by atoms with Gasteiger partial charge in [0, 0.05) is 24.1 Å². The summed E-state index contributed by atoms with van der Waals surface area (Å²) in [7, 11) is 1.66. The number of carboxylic acids is 1. The lowest BCUT2D eigenvalue weighted by molar-refractivity contribution is -0.150. The number of hydrogen-bond donors (Lipinski definition) is 3. The molecule has 0 bridgehead atoms. The van der Waals surface area contributed by atoms with Gasteiger partial charge in [0.2, 0.25) is 5.16 Å². The third kappa shape index (κ3) is 5.78. The molecule has 1 saturated heterocycles. The van der Waals surface area contributed by atoms with Crippen LogP contribution in [0, 0.1) is 0 Å². The molecule has 2 atom stereocenters. The number of aromatic hydroxyl groups is 1. The molecular weight excluding hydrogens is 574 g/mol. The zero-order chi connectivity index (χ0) is 29.1. The summed E-state index contributed by atoms with van der Waals surface area (Å²) in [6.07, 6.45) is 0. The van der Waals surface area contributed by atoms with Gasteiger partial charge >= 0.3 is 11.9 Å². The molecule has 2 aromatic carbocycles. The van der Waals surface area contributed by atoms with Crippen molar-refractivity contribution in [1.82, 2.24) is 30.4 Å². The third-order valence-electron chi connectivity index (χ3n) is 6.08. The fourth-order valence-corrected chi connectivity index (χ4v) is 6.39. The average Bonchev–Trinajstić information content (AvgIpc) is 3.39. The molecule has 2 amide bonds. The quantitative estimate of drug-likeness (QED) is 0.105. The van der Waals surface area contributed by atoms with Gasteiger partial charge in [-0.15, -0.1) is 16.9 Å². The Bertz CT molecular complexity index is 1570. The first kappa shape index (κ1) is 27.9. The van der Waals surface area contributed by atoms with Gasteiger partial charge in [0.15, 0.2) is 5.71 Å². The summed E-state index contributed by atoms with van der Waals surface area (Å²) >= 11 is 2.54. The molecule has 2 aliphatic heterocycles. The van der Waals surface area contributed by atoms with E-state index in [2.05, 4.69) is 26.0 Å². The highest BCUT2D eigenvalue weighted by Gasteiger charge is 2.54. The fourth-order valence-electron chi connectivity index (χ4n) is 4.06. The summed E-state index contributed by atoms with van der Waals surface area (Å²) in [6.45, 7) is 0. The molecule has 16 heteroatoms. The van der Waals surface area contributed by atoms with E-state index in [4.69, 9.17) is 4.84 Å². The van der Waals surface area contributed by atoms with Crippen LogP contribution in [-0.2, 0) is 26.3 Å². The van der Waals surface area contributed by atoms with Gasteiger partial charge in [-0.05, 0) is 52.4 Å². The van der Waals surface area contributed by atoms with E-state index < -0.39 is 35.2 Å². The van der Waals surface area contributed by atoms with E-state index in [1.807, 2.05) is 0 Å². The predicted octanol–water partition coefficient (Wildman–Crippen LogP) is 1.01. The predicted molar refractivity (Wildman–Crippen MR) is 146 cm³/mol. The van der Waals surface area contributed by atoms with E-state index >= 15 is 0 Å². The summed E-state index contributed by atoms with van der Waals surface area (Å²) in [6, 6.07) is 12.4. The molecule has 1 fully saturated rings. The minimum Gasteiger partial charge on any atom is -0.508 e. The Balaban J connectivity index is 1.33. The molecule has 2 unspecified atom stereocenters. The monoisotopic (exact) mass is 595 g/mol. The zero-order valence-corrected chi connectivity index (χ0v) is 22.8. The molecule has 1 aromatic heterocycles. The second-order valence-corrected chi connectivity index (χ2v) is 10.8. The standard InChI is InChI=1S/C25H21N7O7S2/c1-31-25(27-29-30-31)41-12-15-11-40-22-18(21(35)32(22)19(15)23(36)37)26-20(34)17(13-7-9-16(33)10-8-13)28-39-24(38)14-5-3-2-4-6-14/h2-10,18,22,33H,11-12H2,1H3,(H,26,34)(H,36,37)/b28-17+. The average molecular weight is 596 g/mol. The maximum atomic E-state index is 13.3. The van der Waals surface area contributed by atoms with Gasteiger partial charge in [0.05, 0.1) is 5.56 Å². The smallest absolute Gasteiger partial charge is 0.365 e. The van der Waals surface area contributed by atoms with Crippen molar-refractivity contribution < 1.29 is 34.2 Å². The number of rotatable bonds is 9. The highest BCUT2D eigenvalue weighted by molar-refractivity contribution is 8.01. The normalized spacial score (nSPS) is 18.4. The largest absolute Gasteiger partial charge is 0.508 e. The number of β-lactam (4-membered cyclic amide) rings is 1. The first-order chi connectivity index (χ1) is 19.7. The number of oxime groups is 1. The van der Waals surface area contributed by atoms with Crippen molar-refractivity contribution in [3.05, 3.63) is 77.0 Å². The first-order valence-corrected chi connectivity index (χ1v) is 14.0. The van der Waals surface area contributed by atoms with Crippen molar-refractivity contribution in [3.63, 3.8) is 0 Å². The molecule has 3 aromatic rings. The van der Waals surface area contributed by atoms with Crippen molar-refractivity contribution in [2.45, 2.75) is 16.6 Å².